The minimum atomic E-state index is -0.362. The number of hydrogen-bond donors (Lipinski definition) is 0. The van der Waals surface area contributed by atoms with Gasteiger partial charge in [0.25, 0.3) is 0 Å². The highest BCUT2D eigenvalue weighted by Gasteiger charge is 2.27. The molecule has 3 heteroatoms. The van der Waals surface area contributed by atoms with Crippen LogP contribution in [0.4, 0.5) is 4.39 Å². The second kappa shape index (κ2) is 2.45. The summed E-state index contributed by atoms with van der Waals surface area (Å²) in [5.41, 5.74) is 0.855. The maximum Gasteiger partial charge on any atom is 0.142 e. The van der Waals surface area contributed by atoms with Gasteiger partial charge in [0, 0.05) is 5.92 Å². The van der Waals surface area contributed by atoms with E-state index in [1.165, 1.54) is 12.3 Å². The summed E-state index contributed by atoms with van der Waals surface area (Å²) in [5, 5.41) is 0.465. The van der Waals surface area contributed by atoms with Gasteiger partial charge in [-0.05, 0) is 18.9 Å². The van der Waals surface area contributed by atoms with Gasteiger partial charge >= 0.3 is 0 Å². The molecule has 0 atom stereocenters. The normalized spacial score (nSPS) is 16.9. The van der Waals surface area contributed by atoms with Gasteiger partial charge in [0.05, 0.1) is 16.9 Å². The van der Waals surface area contributed by atoms with Crippen LogP contribution in [0.5, 0.6) is 0 Å². The monoisotopic (exact) mass is 171 g/mol. The molecule has 11 heavy (non-hydrogen) atoms. The maximum atomic E-state index is 12.5. The molecule has 2 rings (SSSR count). The van der Waals surface area contributed by atoms with E-state index in [4.69, 9.17) is 11.6 Å². The quantitative estimate of drug-likeness (QED) is 0.633. The van der Waals surface area contributed by atoms with Gasteiger partial charge in [-0.25, -0.2) is 4.39 Å². The standard InChI is InChI=1S/C8H7ClFN/c9-7-3-6(10)4-11-8(7)5-1-2-5/h3-5H,1-2H2. The first kappa shape index (κ1) is 7.04. The number of nitrogens with zero attached hydrogens (tertiary/aromatic N) is 1. The van der Waals surface area contributed by atoms with Crippen molar-refractivity contribution < 1.29 is 4.39 Å². The molecule has 1 aliphatic rings. The van der Waals surface area contributed by atoms with Crippen molar-refractivity contribution in [3.63, 3.8) is 0 Å². The zero-order valence-corrected chi connectivity index (χ0v) is 6.61. The first-order valence-corrected chi connectivity index (χ1v) is 3.96. The topological polar surface area (TPSA) is 12.9 Å². The highest BCUT2D eigenvalue weighted by atomic mass is 35.5. The minimum absolute atomic E-state index is 0.362. The van der Waals surface area contributed by atoms with Crippen molar-refractivity contribution in [3.05, 3.63) is 28.8 Å². The third kappa shape index (κ3) is 1.36. The number of pyridine rings is 1. The first-order chi connectivity index (χ1) is 5.27. The summed E-state index contributed by atoms with van der Waals surface area (Å²) >= 11 is 5.76. The lowest BCUT2D eigenvalue weighted by Crippen LogP contribution is -1.88. The molecule has 0 unspecified atom stereocenters. The average Bonchev–Trinajstić information content (AvgIpc) is 2.70. The van der Waals surface area contributed by atoms with Crippen LogP contribution in [-0.2, 0) is 0 Å². The maximum absolute atomic E-state index is 12.5. The Morgan fingerprint density at radius 3 is 2.82 bits per heavy atom. The van der Waals surface area contributed by atoms with Gasteiger partial charge in [-0.1, -0.05) is 11.6 Å². The Hall–Kier alpha value is -0.630. The summed E-state index contributed by atoms with van der Waals surface area (Å²) in [7, 11) is 0. The van der Waals surface area contributed by atoms with Gasteiger partial charge < -0.3 is 0 Å². The predicted octanol–water partition coefficient (Wildman–Crippen LogP) is 2.75. The van der Waals surface area contributed by atoms with Crippen LogP contribution in [0, 0.1) is 5.82 Å². The second-order valence-electron chi connectivity index (χ2n) is 2.79. The molecule has 0 bridgehead atoms. The molecule has 1 aliphatic carbocycles. The number of halogens is 2. The Labute approximate surface area is 69.2 Å². The smallest absolute Gasteiger partial charge is 0.142 e. The summed E-state index contributed by atoms with van der Waals surface area (Å²) in [5.74, 6) is 0.127. The van der Waals surface area contributed by atoms with Crippen LogP contribution >= 0.6 is 11.6 Å². The molecule has 1 fully saturated rings. The molecule has 58 valence electrons. The van der Waals surface area contributed by atoms with E-state index in [-0.39, 0.29) is 5.82 Å². The molecule has 0 aliphatic heterocycles. The lowest BCUT2D eigenvalue weighted by Gasteiger charge is -1.98. The van der Waals surface area contributed by atoms with E-state index in [0.717, 1.165) is 18.5 Å². The molecule has 1 heterocycles. The van der Waals surface area contributed by atoms with Crippen LogP contribution in [0.15, 0.2) is 12.3 Å². The van der Waals surface area contributed by atoms with E-state index in [2.05, 4.69) is 4.98 Å². The van der Waals surface area contributed by atoms with Gasteiger partial charge in [0.1, 0.15) is 5.82 Å². The zero-order chi connectivity index (χ0) is 7.84. The molecule has 0 spiro atoms. The second-order valence-corrected chi connectivity index (χ2v) is 3.20. The van der Waals surface area contributed by atoms with Gasteiger partial charge in [-0.15, -0.1) is 0 Å². The Bertz CT molecular complexity index is 283. The van der Waals surface area contributed by atoms with Gasteiger partial charge in [-0.2, -0.15) is 0 Å². The molecule has 0 aromatic carbocycles. The lowest BCUT2D eigenvalue weighted by molar-refractivity contribution is 0.619. The Kier molecular flexibility index (Phi) is 1.57. The Morgan fingerprint density at radius 2 is 2.27 bits per heavy atom. The molecule has 1 aromatic heterocycles. The molecule has 1 nitrogen and oxygen atoms in total. The average molecular weight is 172 g/mol. The lowest BCUT2D eigenvalue weighted by atomic mass is 10.2. The van der Waals surface area contributed by atoms with Crippen molar-refractivity contribution in [2.45, 2.75) is 18.8 Å². The van der Waals surface area contributed by atoms with Crippen LogP contribution in [0.2, 0.25) is 5.02 Å². The van der Waals surface area contributed by atoms with E-state index < -0.39 is 0 Å². The number of rotatable bonds is 1. The number of aromatic nitrogens is 1. The van der Waals surface area contributed by atoms with Crippen LogP contribution in [0.1, 0.15) is 24.5 Å². The summed E-state index contributed by atoms with van der Waals surface area (Å²) in [4.78, 5) is 3.93. The fourth-order valence-corrected chi connectivity index (χ4v) is 1.39. The number of hydrogen-bond acceptors (Lipinski definition) is 1. The van der Waals surface area contributed by atoms with Gasteiger partial charge in [-0.3, -0.25) is 4.98 Å². The molecule has 0 N–H and O–H groups in total. The molecular weight excluding hydrogens is 165 g/mol. The largest absolute Gasteiger partial charge is 0.256 e. The van der Waals surface area contributed by atoms with E-state index in [1.807, 2.05) is 0 Å². The minimum Gasteiger partial charge on any atom is -0.256 e. The van der Waals surface area contributed by atoms with E-state index in [9.17, 15) is 4.39 Å². The molecule has 0 amide bonds. The van der Waals surface area contributed by atoms with Crippen molar-refractivity contribution >= 4 is 11.6 Å². The molecule has 0 radical (unpaired) electrons. The van der Waals surface area contributed by atoms with E-state index >= 15 is 0 Å². The molecule has 1 aromatic rings. The summed E-state index contributed by atoms with van der Waals surface area (Å²) < 4.78 is 12.5. The van der Waals surface area contributed by atoms with Crippen molar-refractivity contribution in [2.75, 3.05) is 0 Å². The van der Waals surface area contributed by atoms with Crippen LogP contribution in [0.3, 0.4) is 0 Å². The summed E-state index contributed by atoms with van der Waals surface area (Å²) in [6, 6.07) is 1.32. The van der Waals surface area contributed by atoms with Gasteiger partial charge in [0.15, 0.2) is 0 Å². The summed E-state index contributed by atoms with van der Waals surface area (Å²) in [6.07, 6.45) is 3.50. The zero-order valence-electron chi connectivity index (χ0n) is 5.85. The van der Waals surface area contributed by atoms with E-state index in [1.54, 1.807) is 0 Å². The predicted molar refractivity (Wildman–Crippen MR) is 41.2 cm³/mol. The highest BCUT2D eigenvalue weighted by molar-refractivity contribution is 6.31. The van der Waals surface area contributed by atoms with Crippen LogP contribution < -0.4 is 0 Å². The van der Waals surface area contributed by atoms with Crippen molar-refractivity contribution in [1.82, 2.24) is 4.98 Å². The van der Waals surface area contributed by atoms with Crippen molar-refractivity contribution in [2.24, 2.45) is 0 Å². The molecule has 0 saturated heterocycles. The fourth-order valence-electron chi connectivity index (χ4n) is 1.08. The van der Waals surface area contributed by atoms with Crippen LogP contribution in [-0.4, -0.2) is 4.98 Å². The van der Waals surface area contributed by atoms with Crippen LogP contribution in [0.25, 0.3) is 0 Å². The molecular formula is C8H7ClFN. The van der Waals surface area contributed by atoms with Crippen molar-refractivity contribution in [3.8, 4) is 0 Å². The SMILES string of the molecule is Fc1cnc(C2CC2)c(Cl)c1. The first-order valence-electron chi connectivity index (χ1n) is 3.58. The summed E-state index contributed by atoms with van der Waals surface area (Å²) in [6.45, 7) is 0. The Balaban J connectivity index is 2.39. The molecule has 1 saturated carbocycles. The third-order valence-electron chi connectivity index (χ3n) is 1.80. The van der Waals surface area contributed by atoms with Gasteiger partial charge in [0.2, 0.25) is 0 Å². The highest BCUT2D eigenvalue weighted by Crippen LogP contribution is 2.41. The van der Waals surface area contributed by atoms with Crippen molar-refractivity contribution in [1.29, 1.82) is 0 Å². The fraction of sp³-hybridized carbons (Fsp3) is 0.375. The van der Waals surface area contributed by atoms with E-state index in [0.29, 0.717) is 10.9 Å². The Morgan fingerprint density at radius 1 is 1.55 bits per heavy atom. The third-order valence-corrected chi connectivity index (χ3v) is 2.10.